The van der Waals surface area contributed by atoms with Gasteiger partial charge in [0.25, 0.3) is 0 Å². The molecule has 0 spiro atoms. The Morgan fingerprint density at radius 3 is 2.64 bits per heavy atom. The number of hydrogen-bond acceptors (Lipinski definition) is 7. The zero-order chi connectivity index (χ0) is 19.4. The van der Waals surface area contributed by atoms with Gasteiger partial charge in [0, 0.05) is 12.1 Å². The first-order valence-corrected chi connectivity index (χ1v) is 9.32. The predicted molar refractivity (Wildman–Crippen MR) is 108 cm³/mol. The Hall–Kier alpha value is -3.45. The summed E-state index contributed by atoms with van der Waals surface area (Å²) in [7, 11) is 1.47. The standard InChI is InChI=1S/C21H13NO5S/c1-10-7-14(23)18-16(26-10)9-15-11(19(18)25-2)8-12(21(24)27-15)20-22-13-5-3-4-6-17(13)28-20/h3-9H,1-2H3. The lowest BCUT2D eigenvalue weighted by Crippen LogP contribution is -2.06. The average molecular weight is 391 g/mol. The molecule has 138 valence electrons. The first kappa shape index (κ1) is 16.7. The van der Waals surface area contributed by atoms with Gasteiger partial charge in [-0.1, -0.05) is 12.1 Å². The number of aryl methyl sites for hydroxylation is 1. The molecule has 2 aromatic carbocycles. The van der Waals surface area contributed by atoms with Crippen molar-refractivity contribution in [1.29, 1.82) is 0 Å². The first-order valence-electron chi connectivity index (χ1n) is 8.50. The average Bonchev–Trinajstić information content (AvgIpc) is 3.09. The van der Waals surface area contributed by atoms with Crippen LogP contribution in [0, 0.1) is 6.92 Å². The molecule has 0 radical (unpaired) electrons. The SMILES string of the molecule is COc1c2cc(-c3nc4ccccc4s3)c(=O)oc2cc2oc(C)cc(=O)c12. The van der Waals surface area contributed by atoms with Crippen molar-refractivity contribution in [2.45, 2.75) is 6.92 Å². The molecule has 7 heteroatoms. The number of benzene rings is 2. The zero-order valence-corrected chi connectivity index (χ0v) is 15.8. The van der Waals surface area contributed by atoms with Crippen LogP contribution in [-0.2, 0) is 0 Å². The number of thiazole rings is 1. The van der Waals surface area contributed by atoms with Crippen LogP contribution in [0.15, 0.2) is 60.9 Å². The van der Waals surface area contributed by atoms with Gasteiger partial charge in [-0.2, -0.15) is 0 Å². The monoisotopic (exact) mass is 391 g/mol. The molecule has 0 N–H and O–H groups in total. The maximum atomic E-state index is 12.6. The van der Waals surface area contributed by atoms with Gasteiger partial charge in [0.05, 0.1) is 28.3 Å². The molecule has 5 aromatic rings. The fraction of sp³-hybridized carbons (Fsp3) is 0.0952. The molecule has 0 aliphatic heterocycles. The molecule has 0 amide bonds. The maximum absolute atomic E-state index is 12.6. The Morgan fingerprint density at radius 2 is 1.86 bits per heavy atom. The fourth-order valence-corrected chi connectivity index (χ4v) is 4.30. The van der Waals surface area contributed by atoms with Crippen molar-refractivity contribution in [3.05, 3.63) is 68.9 Å². The van der Waals surface area contributed by atoms with Crippen LogP contribution < -0.4 is 15.8 Å². The third-order valence-electron chi connectivity index (χ3n) is 4.54. The second-order valence-electron chi connectivity index (χ2n) is 6.35. The quantitative estimate of drug-likeness (QED) is 0.326. The molecule has 28 heavy (non-hydrogen) atoms. The largest absolute Gasteiger partial charge is 0.495 e. The Balaban J connectivity index is 1.88. The number of fused-ring (bicyclic) bond motifs is 3. The summed E-state index contributed by atoms with van der Waals surface area (Å²) < 4.78 is 17.7. The minimum Gasteiger partial charge on any atom is -0.495 e. The molecule has 0 saturated heterocycles. The molecule has 0 aliphatic rings. The predicted octanol–water partition coefficient (Wildman–Crippen LogP) is 4.49. The Kier molecular flexibility index (Phi) is 3.60. The number of nitrogens with zero attached hydrogens (tertiary/aromatic N) is 1. The van der Waals surface area contributed by atoms with E-state index >= 15 is 0 Å². The minimum absolute atomic E-state index is 0.217. The number of ether oxygens (including phenoxy) is 1. The van der Waals surface area contributed by atoms with Crippen molar-refractivity contribution in [3.63, 3.8) is 0 Å². The van der Waals surface area contributed by atoms with Crippen LogP contribution in [-0.4, -0.2) is 12.1 Å². The highest BCUT2D eigenvalue weighted by molar-refractivity contribution is 7.21. The van der Waals surface area contributed by atoms with E-state index in [9.17, 15) is 9.59 Å². The van der Waals surface area contributed by atoms with Crippen LogP contribution in [0.1, 0.15) is 5.76 Å². The van der Waals surface area contributed by atoms with Gasteiger partial charge in [0.1, 0.15) is 33.1 Å². The van der Waals surface area contributed by atoms with Crippen molar-refractivity contribution in [2.24, 2.45) is 0 Å². The van der Waals surface area contributed by atoms with Gasteiger partial charge >= 0.3 is 5.63 Å². The van der Waals surface area contributed by atoms with Crippen LogP contribution in [0.5, 0.6) is 5.75 Å². The normalized spacial score (nSPS) is 11.5. The van der Waals surface area contributed by atoms with E-state index in [4.69, 9.17) is 13.6 Å². The number of methoxy groups -OCH3 is 1. The smallest absolute Gasteiger partial charge is 0.346 e. The summed E-state index contributed by atoms with van der Waals surface area (Å²) in [5, 5.41) is 1.37. The van der Waals surface area contributed by atoms with Crippen molar-refractivity contribution < 1.29 is 13.6 Å². The lowest BCUT2D eigenvalue weighted by molar-refractivity contribution is 0.422. The molecule has 0 aliphatic carbocycles. The van der Waals surface area contributed by atoms with Gasteiger partial charge in [-0.3, -0.25) is 4.79 Å². The van der Waals surface area contributed by atoms with E-state index in [0.717, 1.165) is 10.2 Å². The molecule has 6 nitrogen and oxygen atoms in total. The van der Waals surface area contributed by atoms with Gasteiger partial charge in [-0.15, -0.1) is 11.3 Å². The minimum atomic E-state index is -0.511. The van der Waals surface area contributed by atoms with E-state index in [1.165, 1.54) is 24.5 Å². The number of para-hydroxylation sites is 1. The molecule has 0 unspecified atom stereocenters. The Labute approximate surface area is 161 Å². The van der Waals surface area contributed by atoms with Gasteiger partial charge in [-0.05, 0) is 25.1 Å². The van der Waals surface area contributed by atoms with E-state index in [-0.39, 0.29) is 11.0 Å². The van der Waals surface area contributed by atoms with Crippen LogP contribution in [0.2, 0.25) is 0 Å². The highest BCUT2D eigenvalue weighted by atomic mass is 32.1. The summed E-state index contributed by atoms with van der Waals surface area (Å²) in [6, 6.07) is 12.3. The zero-order valence-electron chi connectivity index (χ0n) is 14.9. The second-order valence-corrected chi connectivity index (χ2v) is 7.38. The summed E-state index contributed by atoms with van der Waals surface area (Å²) in [6.45, 7) is 1.68. The van der Waals surface area contributed by atoms with E-state index < -0.39 is 5.63 Å². The molecule has 3 aromatic heterocycles. The Bertz CT molecular complexity index is 1480. The molecule has 5 rings (SSSR count). The molecular weight excluding hydrogens is 378 g/mol. The number of aromatic nitrogens is 1. The summed E-state index contributed by atoms with van der Waals surface area (Å²) in [5.41, 5.74) is 0.998. The van der Waals surface area contributed by atoms with E-state index in [1.54, 1.807) is 19.1 Å². The van der Waals surface area contributed by atoms with E-state index in [1.807, 2.05) is 24.3 Å². The first-order chi connectivity index (χ1) is 13.5. The van der Waals surface area contributed by atoms with Crippen molar-refractivity contribution >= 4 is 43.5 Å². The maximum Gasteiger partial charge on any atom is 0.346 e. The van der Waals surface area contributed by atoms with Crippen molar-refractivity contribution in [1.82, 2.24) is 4.98 Å². The lowest BCUT2D eigenvalue weighted by atomic mass is 10.1. The molecule has 3 heterocycles. The van der Waals surface area contributed by atoms with Crippen molar-refractivity contribution in [3.8, 4) is 16.3 Å². The molecule has 0 bridgehead atoms. The third kappa shape index (κ3) is 2.44. The van der Waals surface area contributed by atoms with Crippen LogP contribution in [0.25, 0.3) is 42.7 Å². The highest BCUT2D eigenvalue weighted by Gasteiger charge is 2.19. The molecule has 0 atom stereocenters. The van der Waals surface area contributed by atoms with Gasteiger partial charge < -0.3 is 13.6 Å². The molecule has 0 saturated carbocycles. The van der Waals surface area contributed by atoms with E-state index in [0.29, 0.717) is 38.4 Å². The van der Waals surface area contributed by atoms with Crippen LogP contribution in [0.4, 0.5) is 0 Å². The number of rotatable bonds is 2. The van der Waals surface area contributed by atoms with Gasteiger partial charge in [0.2, 0.25) is 0 Å². The van der Waals surface area contributed by atoms with Crippen LogP contribution in [0.3, 0.4) is 0 Å². The molecular formula is C21H13NO5S. The van der Waals surface area contributed by atoms with E-state index in [2.05, 4.69) is 4.98 Å². The topological polar surface area (TPSA) is 82.5 Å². The van der Waals surface area contributed by atoms with Gasteiger partial charge in [0.15, 0.2) is 5.43 Å². The summed E-state index contributed by atoms with van der Waals surface area (Å²) in [6.07, 6.45) is 0. The fourth-order valence-electron chi connectivity index (χ4n) is 3.33. The number of hydrogen-bond donors (Lipinski definition) is 0. The van der Waals surface area contributed by atoms with Crippen LogP contribution >= 0.6 is 11.3 Å². The third-order valence-corrected chi connectivity index (χ3v) is 5.61. The highest BCUT2D eigenvalue weighted by Crippen LogP contribution is 2.36. The lowest BCUT2D eigenvalue weighted by Gasteiger charge is -2.09. The Morgan fingerprint density at radius 1 is 1.04 bits per heavy atom. The molecule has 0 fully saturated rings. The van der Waals surface area contributed by atoms with Gasteiger partial charge in [-0.25, -0.2) is 9.78 Å². The summed E-state index contributed by atoms with van der Waals surface area (Å²) >= 11 is 1.40. The summed E-state index contributed by atoms with van der Waals surface area (Å²) in [5.74, 6) is 0.778. The summed E-state index contributed by atoms with van der Waals surface area (Å²) in [4.78, 5) is 29.7. The second kappa shape index (κ2) is 6.03. The van der Waals surface area contributed by atoms with Crippen molar-refractivity contribution in [2.75, 3.05) is 7.11 Å².